The van der Waals surface area contributed by atoms with Gasteiger partial charge in [0.1, 0.15) is 5.56 Å². The van der Waals surface area contributed by atoms with E-state index in [1.54, 1.807) is 6.20 Å². The molecule has 0 aliphatic rings. The number of H-pyrrole nitrogens is 1. The van der Waals surface area contributed by atoms with Crippen molar-refractivity contribution in [2.75, 3.05) is 0 Å². The van der Waals surface area contributed by atoms with Gasteiger partial charge >= 0.3 is 5.97 Å². The van der Waals surface area contributed by atoms with Gasteiger partial charge in [-0.1, -0.05) is 13.8 Å². The number of aromatic amines is 1. The summed E-state index contributed by atoms with van der Waals surface area (Å²) in [5, 5.41) is 8.65. The molecular formula is C9H11NO3. The Morgan fingerprint density at radius 2 is 2.15 bits per heavy atom. The predicted octanol–water partition coefficient (Wildman–Crippen LogP) is 1.20. The van der Waals surface area contributed by atoms with Crippen LogP contribution in [0.5, 0.6) is 0 Å². The van der Waals surface area contributed by atoms with Crippen LogP contribution in [0.25, 0.3) is 0 Å². The van der Waals surface area contributed by atoms with Crippen molar-refractivity contribution in [1.82, 2.24) is 4.98 Å². The number of aromatic carboxylic acids is 1. The lowest BCUT2D eigenvalue weighted by Crippen LogP contribution is -2.17. The van der Waals surface area contributed by atoms with Crippen LogP contribution in [-0.2, 0) is 0 Å². The molecule has 1 aromatic heterocycles. The van der Waals surface area contributed by atoms with Gasteiger partial charge in [0.2, 0.25) is 0 Å². The number of carbonyl (C=O) groups is 1. The first kappa shape index (κ1) is 9.51. The number of carboxylic acid groups (broad SMARTS) is 1. The highest BCUT2D eigenvalue weighted by atomic mass is 16.4. The van der Waals surface area contributed by atoms with Gasteiger partial charge in [0.05, 0.1) is 0 Å². The Morgan fingerprint density at radius 1 is 1.54 bits per heavy atom. The van der Waals surface area contributed by atoms with Crippen molar-refractivity contribution in [3.05, 3.63) is 33.7 Å². The molecule has 13 heavy (non-hydrogen) atoms. The van der Waals surface area contributed by atoms with Gasteiger partial charge in [-0.3, -0.25) is 4.79 Å². The lowest BCUT2D eigenvalue weighted by molar-refractivity contribution is 0.0695. The third-order valence-electron chi connectivity index (χ3n) is 1.82. The molecule has 0 aromatic carbocycles. The normalized spacial score (nSPS) is 10.4. The number of aromatic nitrogens is 1. The molecule has 2 N–H and O–H groups in total. The number of pyridine rings is 1. The zero-order valence-electron chi connectivity index (χ0n) is 7.50. The fourth-order valence-corrected chi connectivity index (χ4v) is 0.993. The van der Waals surface area contributed by atoms with E-state index in [4.69, 9.17) is 5.11 Å². The van der Waals surface area contributed by atoms with Gasteiger partial charge in [-0.2, -0.15) is 0 Å². The Labute approximate surface area is 75.2 Å². The highest BCUT2D eigenvalue weighted by Gasteiger charge is 2.10. The van der Waals surface area contributed by atoms with Gasteiger partial charge in [-0.25, -0.2) is 4.79 Å². The van der Waals surface area contributed by atoms with Crippen molar-refractivity contribution in [3.8, 4) is 0 Å². The van der Waals surface area contributed by atoms with Crippen molar-refractivity contribution < 1.29 is 9.90 Å². The molecule has 0 bridgehead atoms. The summed E-state index contributed by atoms with van der Waals surface area (Å²) < 4.78 is 0. The van der Waals surface area contributed by atoms with Crippen molar-refractivity contribution in [1.29, 1.82) is 0 Å². The van der Waals surface area contributed by atoms with Gasteiger partial charge < -0.3 is 10.1 Å². The zero-order chi connectivity index (χ0) is 10.0. The average Bonchev–Trinajstić information content (AvgIpc) is 2.04. The second-order valence-electron chi connectivity index (χ2n) is 3.14. The summed E-state index contributed by atoms with van der Waals surface area (Å²) in [6.45, 7) is 3.86. The van der Waals surface area contributed by atoms with E-state index in [0.29, 0.717) is 0 Å². The largest absolute Gasteiger partial charge is 0.477 e. The van der Waals surface area contributed by atoms with Gasteiger partial charge in [-0.05, 0) is 17.5 Å². The molecule has 0 aliphatic heterocycles. The molecule has 1 heterocycles. The molecule has 0 saturated carbocycles. The van der Waals surface area contributed by atoms with Crippen molar-refractivity contribution >= 4 is 5.97 Å². The van der Waals surface area contributed by atoms with Crippen LogP contribution >= 0.6 is 0 Å². The van der Waals surface area contributed by atoms with Crippen LogP contribution in [0.3, 0.4) is 0 Å². The molecule has 70 valence electrons. The Hall–Kier alpha value is -1.58. The number of nitrogens with one attached hydrogen (secondary N) is 1. The second-order valence-corrected chi connectivity index (χ2v) is 3.14. The number of carboxylic acids is 1. The molecule has 4 nitrogen and oxygen atoms in total. The maximum absolute atomic E-state index is 11.0. The molecule has 0 radical (unpaired) electrons. The van der Waals surface area contributed by atoms with Crippen LogP contribution in [0.4, 0.5) is 0 Å². The van der Waals surface area contributed by atoms with E-state index in [1.165, 1.54) is 6.07 Å². The fraction of sp³-hybridized carbons (Fsp3) is 0.333. The van der Waals surface area contributed by atoms with Crippen molar-refractivity contribution in [2.24, 2.45) is 0 Å². The standard InChI is InChI=1S/C9H11NO3/c1-5(2)6-3-7(9(12)13)8(11)10-4-6/h3-5H,1-2H3,(H,10,11)(H,12,13). The molecule has 4 heteroatoms. The van der Waals surface area contributed by atoms with E-state index in [0.717, 1.165) is 5.56 Å². The molecule has 0 spiro atoms. The lowest BCUT2D eigenvalue weighted by atomic mass is 10.0. The third-order valence-corrected chi connectivity index (χ3v) is 1.82. The van der Waals surface area contributed by atoms with Crippen LogP contribution in [0, 0.1) is 0 Å². The van der Waals surface area contributed by atoms with E-state index in [2.05, 4.69) is 4.98 Å². The van der Waals surface area contributed by atoms with Crippen LogP contribution in [0.1, 0.15) is 35.7 Å². The zero-order valence-corrected chi connectivity index (χ0v) is 7.50. The van der Waals surface area contributed by atoms with Crippen LogP contribution in [0.2, 0.25) is 0 Å². The summed E-state index contributed by atoms with van der Waals surface area (Å²) in [6, 6.07) is 1.41. The molecule has 1 rings (SSSR count). The maximum atomic E-state index is 11.0. The van der Waals surface area contributed by atoms with E-state index >= 15 is 0 Å². The number of hydrogen-bond donors (Lipinski definition) is 2. The second kappa shape index (κ2) is 3.43. The topological polar surface area (TPSA) is 70.2 Å². The molecular weight excluding hydrogens is 170 g/mol. The Kier molecular flexibility index (Phi) is 2.51. The Balaban J connectivity index is 3.27. The summed E-state index contributed by atoms with van der Waals surface area (Å²) in [5.74, 6) is -0.987. The van der Waals surface area contributed by atoms with Crippen LogP contribution < -0.4 is 5.56 Å². The van der Waals surface area contributed by atoms with Gasteiger partial charge in [0, 0.05) is 6.20 Å². The quantitative estimate of drug-likeness (QED) is 0.720. The van der Waals surface area contributed by atoms with Crippen LogP contribution in [0.15, 0.2) is 17.1 Å². The summed E-state index contributed by atoms with van der Waals surface area (Å²) in [6.07, 6.45) is 1.54. The molecule has 0 saturated heterocycles. The molecule has 0 unspecified atom stereocenters. The number of hydrogen-bond acceptors (Lipinski definition) is 2. The minimum absolute atomic E-state index is 0.203. The highest BCUT2D eigenvalue weighted by molar-refractivity contribution is 5.87. The summed E-state index contributed by atoms with van der Waals surface area (Å²) in [4.78, 5) is 24.0. The van der Waals surface area contributed by atoms with E-state index in [9.17, 15) is 9.59 Å². The maximum Gasteiger partial charge on any atom is 0.341 e. The summed E-state index contributed by atoms with van der Waals surface area (Å²) in [7, 11) is 0. The number of rotatable bonds is 2. The molecule has 0 amide bonds. The Morgan fingerprint density at radius 3 is 2.62 bits per heavy atom. The first-order chi connectivity index (χ1) is 6.02. The first-order valence-corrected chi connectivity index (χ1v) is 3.98. The molecule has 1 aromatic rings. The molecule has 0 aliphatic carbocycles. The SMILES string of the molecule is CC(C)c1c[nH]c(=O)c(C(=O)O)c1. The minimum Gasteiger partial charge on any atom is -0.477 e. The molecule has 0 atom stereocenters. The van der Waals surface area contributed by atoms with E-state index in [1.807, 2.05) is 13.8 Å². The summed E-state index contributed by atoms with van der Waals surface area (Å²) in [5.41, 5.74) is 0.0556. The van der Waals surface area contributed by atoms with Gasteiger partial charge in [0.15, 0.2) is 0 Å². The van der Waals surface area contributed by atoms with Crippen LogP contribution in [-0.4, -0.2) is 16.1 Å². The Bertz CT molecular complexity index is 379. The smallest absolute Gasteiger partial charge is 0.341 e. The van der Waals surface area contributed by atoms with E-state index < -0.39 is 11.5 Å². The third kappa shape index (κ3) is 1.96. The van der Waals surface area contributed by atoms with Gasteiger partial charge in [-0.15, -0.1) is 0 Å². The summed E-state index contributed by atoms with van der Waals surface area (Å²) >= 11 is 0. The monoisotopic (exact) mass is 181 g/mol. The van der Waals surface area contributed by atoms with Crippen molar-refractivity contribution in [2.45, 2.75) is 19.8 Å². The van der Waals surface area contributed by atoms with Crippen molar-refractivity contribution in [3.63, 3.8) is 0 Å². The fourth-order valence-electron chi connectivity index (χ4n) is 0.993. The first-order valence-electron chi connectivity index (χ1n) is 3.98. The van der Waals surface area contributed by atoms with Gasteiger partial charge in [0.25, 0.3) is 5.56 Å². The average molecular weight is 181 g/mol. The highest BCUT2D eigenvalue weighted by Crippen LogP contribution is 2.11. The predicted molar refractivity (Wildman–Crippen MR) is 48.1 cm³/mol. The lowest BCUT2D eigenvalue weighted by Gasteiger charge is -2.04. The molecule has 0 fully saturated rings. The van der Waals surface area contributed by atoms with E-state index in [-0.39, 0.29) is 11.5 Å². The minimum atomic E-state index is -1.19.